The molecular weight excluding hydrogens is 418 g/mol. The molecule has 0 spiro atoms. The summed E-state index contributed by atoms with van der Waals surface area (Å²) in [6.07, 6.45) is 2.66. The molecule has 10 heteroatoms. The highest BCUT2D eigenvalue weighted by Gasteiger charge is 2.30. The third-order valence-corrected chi connectivity index (χ3v) is 6.89. The van der Waals surface area contributed by atoms with Gasteiger partial charge in [-0.1, -0.05) is 24.3 Å². The Morgan fingerprint density at radius 2 is 1.90 bits per heavy atom. The first-order valence-electron chi connectivity index (χ1n) is 9.74. The number of rotatable bonds is 5. The van der Waals surface area contributed by atoms with E-state index in [2.05, 4.69) is 15.0 Å². The van der Waals surface area contributed by atoms with E-state index in [0.29, 0.717) is 30.6 Å². The van der Waals surface area contributed by atoms with Gasteiger partial charge in [-0.3, -0.25) is 19.5 Å². The number of fused-ring (bicyclic) bond motifs is 1. The lowest BCUT2D eigenvalue weighted by Gasteiger charge is -2.29. The van der Waals surface area contributed by atoms with Crippen LogP contribution in [0.25, 0.3) is 11.5 Å². The Bertz CT molecular complexity index is 1260. The summed E-state index contributed by atoms with van der Waals surface area (Å²) in [6, 6.07) is 13.2. The maximum Gasteiger partial charge on any atom is 0.256 e. The molecule has 1 aromatic carbocycles. The number of nitrogens with zero attached hydrogens (tertiary/aromatic N) is 4. The fraction of sp³-hybridized carbons (Fsp3) is 0.238. The SMILES string of the molecule is CN(CC(=O)N1CCCc2c1nc(-c1ccccn1)[nH]c2=O)S(=O)(=O)c1ccccc1. The Labute approximate surface area is 179 Å². The van der Waals surface area contributed by atoms with E-state index in [1.165, 1.54) is 24.1 Å². The molecule has 3 aromatic rings. The van der Waals surface area contributed by atoms with E-state index in [9.17, 15) is 18.0 Å². The number of hydrogen-bond acceptors (Lipinski definition) is 6. The maximum atomic E-state index is 13.1. The molecule has 0 bridgehead atoms. The van der Waals surface area contributed by atoms with E-state index in [1.807, 2.05) is 0 Å². The first-order chi connectivity index (χ1) is 14.9. The van der Waals surface area contributed by atoms with Crippen LogP contribution in [0.4, 0.5) is 5.82 Å². The predicted octanol–water partition coefficient (Wildman–Crippen LogP) is 1.43. The number of likely N-dealkylation sites (N-methyl/N-ethyl adjacent to an activating group) is 1. The number of sulfonamides is 1. The normalized spacial score (nSPS) is 13.8. The number of amides is 1. The monoisotopic (exact) mass is 439 g/mol. The summed E-state index contributed by atoms with van der Waals surface area (Å²) >= 11 is 0. The molecule has 0 fully saturated rings. The number of H-pyrrole nitrogens is 1. The number of nitrogens with one attached hydrogen (secondary N) is 1. The highest BCUT2D eigenvalue weighted by Crippen LogP contribution is 2.25. The van der Waals surface area contributed by atoms with Gasteiger partial charge >= 0.3 is 0 Å². The Morgan fingerprint density at radius 1 is 1.16 bits per heavy atom. The zero-order chi connectivity index (χ0) is 22.0. The van der Waals surface area contributed by atoms with Crippen molar-refractivity contribution in [2.24, 2.45) is 0 Å². The molecule has 1 N–H and O–H groups in total. The smallest absolute Gasteiger partial charge is 0.256 e. The molecule has 9 nitrogen and oxygen atoms in total. The van der Waals surface area contributed by atoms with Crippen molar-refractivity contribution >= 4 is 21.7 Å². The first-order valence-corrected chi connectivity index (χ1v) is 11.2. The van der Waals surface area contributed by atoms with Crippen LogP contribution in [-0.2, 0) is 21.2 Å². The van der Waals surface area contributed by atoms with Crippen molar-refractivity contribution in [3.8, 4) is 11.5 Å². The standard InChI is InChI=1S/C21H21N5O4S/c1-25(31(29,30)15-8-3-2-4-9-15)14-18(27)26-13-7-10-16-20(26)23-19(24-21(16)28)17-11-5-6-12-22-17/h2-6,8-9,11-12H,7,10,13-14H2,1H3,(H,23,24,28). The van der Waals surface area contributed by atoms with E-state index in [-0.39, 0.29) is 28.6 Å². The first kappa shape index (κ1) is 20.9. The molecule has 1 aliphatic rings. The third kappa shape index (κ3) is 4.12. The summed E-state index contributed by atoms with van der Waals surface area (Å²) in [4.78, 5) is 38.6. The summed E-state index contributed by atoms with van der Waals surface area (Å²) in [5.74, 6) is 0.0634. The molecule has 0 saturated heterocycles. The lowest BCUT2D eigenvalue weighted by Crippen LogP contribution is -2.45. The molecule has 2 aromatic heterocycles. The van der Waals surface area contributed by atoms with Gasteiger partial charge in [-0.15, -0.1) is 0 Å². The van der Waals surface area contributed by atoms with Crippen molar-refractivity contribution in [1.29, 1.82) is 0 Å². The molecular formula is C21H21N5O4S. The number of benzene rings is 1. The number of aromatic nitrogens is 3. The van der Waals surface area contributed by atoms with Crippen LogP contribution in [0.15, 0.2) is 64.4 Å². The van der Waals surface area contributed by atoms with E-state index in [4.69, 9.17) is 0 Å². The van der Waals surface area contributed by atoms with Gasteiger partial charge in [0.05, 0.1) is 17.0 Å². The molecule has 1 aliphatic heterocycles. The Morgan fingerprint density at radius 3 is 2.61 bits per heavy atom. The van der Waals surface area contributed by atoms with Crippen molar-refractivity contribution in [3.63, 3.8) is 0 Å². The van der Waals surface area contributed by atoms with Crippen molar-refractivity contribution in [2.45, 2.75) is 17.7 Å². The van der Waals surface area contributed by atoms with Gasteiger partial charge < -0.3 is 4.98 Å². The molecule has 31 heavy (non-hydrogen) atoms. The average Bonchev–Trinajstić information content (AvgIpc) is 2.79. The van der Waals surface area contributed by atoms with Crippen LogP contribution in [0.3, 0.4) is 0 Å². The number of pyridine rings is 1. The molecule has 0 atom stereocenters. The lowest BCUT2D eigenvalue weighted by molar-refractivity contribution is -0.118. The zero-order valence-corrected chi connectivity index (χ0v) is 17.7. The highest BCUT2D eigenvalue weighted by atomic mass is 32.2. The van der Waals surface area contributed by atoms with Gasteiger partial charge in [-0.25, -0.2) is 13.4 Å². The maximum absolute atomic E-state index is 13.1. The van der Waals surface area contributed by atoms with Gasteiger partial charge in [0.2, 0.25) is 15.9 Å². The van der Waals surface area contributed by atoms with Crippen molar-refractivity contribution in [1.82, 2.24) is 19.3 Å². The van der Waals surface area contributed by atoms with Gasteiger partial charge in [0.1, 0.15) is 11.5 Å². The number of carbonyl (C=O) groups excluding carboxylic acids is 1. The van der Waals surface area contributed by atoms with E-state index >= 15 is 0 Å². The lowest BCUT2D eigenvalue weighted by atomic mass is 10.1. The minimum atomic E-state index is -3.82. The second kappa shape index (κ2) is 8.40. The topological polar surface area (TPSA) is 116 Å². The van der Waals surface area contributed by atoms with Gasteiger partial charge in [0, 0.05) is 19.8 Å². The molecule has 0 radical (unpaired) electrons. The van der Waals surface area contributed by atoms with Gasteiger partial charge in [0.25, 0.3) is 5.56 Å². The van der Waals surface area contributed by atoms with Crippen LogP contribution in [0, 0.1) is 0 Å². The van der Waals surface area contributed by atoms with Crippen LogP contribution < -0.4 is 10.5 Å². The molecule has 160 valence electrons. The molecule has 0 unspecified atom stereocenters. The average molecular weight is 439 g/mol. The fourth-order valence-corrected chi connectivity index (χ4v) is 4.60. The summed E-state index contributed by atoms with van der Waals surface area (Å²) in [6.45, 7) is -0.0206. The zero-order valence-electron chi connectivity index (χ0n) is 16.9. The predicted molar refractivity (Wildman–Crippen MR) is 115 cm³/mol. The van der Waals surface area contributed by atoms with Gasteiger partial charge in [-0.2, -0.15) is 4.31 Å². The van der Waals surface area contributed by atoms with Crippen LogP contribution in [0.2, 0.25) is 0 Å². The van der Waals surface area contributed by atoms with Crippen LogP contribution in [0.1, 0.15) is 12.0 Å². The van der Waals surface area contributed by atoms with E-state index in [0.717, 1.165) is 4.31 Å². The largest absolute Gasteiger partial charge is 0.305 e. The highest BCUT2D eigenvalue weighted by molar-refractivity contribution is 7.89. The van der Waals surface area contributed by atoms with Crippen LogP contribution >= 0.6 is 0 Å². The molecule has 1 amide bonds. The van der Waals surface area contributed by atoms with Crippen LogP contribution in [-0.4, -0.2) is 53.7 Å². The number of carbonyl (C=O) groups is 1. The summed E-state index contributed by atoms with van der Waals surface area (Å²) in [7, 11) is -2.47. The fourth-order valence-electron chi connectivity index (χ4n) is 3.45. The van der Waals surface area contributed by atoms with Gasteiger partial charge in [-0.05, 0) is 37.1 Å². The summed E-state index contributed by atoms with van der Waals surface area (Å²) in [5, 5.41) is 0. The molecule has 0 saturated carbocycles. The molecule has 0 aliphatic carbocycles. The summed E-state index contributed by atoms with van der Waals surface area (Å²) < 4.78 is 26.5. The van der Waals surface area contributed by atoms with E-state index in [1.54, 1.807) is 42.6 Å². The van der Waals surface area contributed by atoms with Crippen molar-refractivity contribution < 1.29 is 13.2 Å². The second-order valence-corrected chi connectivity index (χ2v) is 9.20. The Hall–Kier alpha value is -3.37. The Kier molecular flexibility index (Phi) is 5.66. The molecule has 4 rings (SSSR count). The van der Waals surface area contributed by atoms with E-state index < -0.39 is 15.9 Å². The number of hydrogen-bond donors (Lipinski definition) is 1. The van der Waals surface area contributed by atoms with Gasteiger partial charge in [0.15, 0.2) is 5.82 Å². The second-order valence-electron chi connectivity index (χ2n) is 7.15. The minimum absolute atomic E-state index is 0.108. The van der Waals surface area contributed by atoms with Crippen molar-refractivity contribution in [3.05, 3.63) is 70.6 Å². The summed E-state index contributed by atoms with van der Waals surface area (Å²) in [5.41, 5.74) is 0.561. The Balaban J connectivity index is 1.64. The number of anilines is 1. The molecule has 3 heterocycles. The number of aromatic amines is 1. The van der Waals surface area contributed by atoms with Crippen molar-refractivity contribution in [2.75, 3.05) is 25.0 Å². The minimum Gasteiger partial charge on any atom is -0.305 e. The van der Waals surface area contributed by atoms with Crippen LogP contribution in [0.5, 0.6) is 0 Å². The quantitative estimate of drug-likeness (QED) is 0.643. The third-order valence-electron chi connectivity index (χ3n) is 5.08.